The Hall–Kier alpha value is -2.44. The van der Waals surface area contributed by atoms with E-state index < -0.39 is 0 Å². The fourth-order valence-electron chi connectivity index (χ4n) is 3.74. The number of carbonyl (C=O) groups is 1. The van der Waals surface area contributed by atoms with Crippen LogP contribution in [0.4, 0.5) is 5.13 Å². The molecule has 1 amide bonds. The zero-order valence-electron chi connectivity index (χ0n) is 19.5. The van der Waals surface area contributed by atoms with E-state index in [2.05, 4.69) is 57.7 Å². The molecule has 1 heterocycles. The van der Waals surface area contributed by atoms with Crippen molar-refractivity contribution in [2.75, 3.05) is 38.2 Å². The summed E-state index contributed by atoms with van der Waals surface area (Å²) in [5.74, 6) is 0.824. The number of anilines is 1. The number of fused-ring (bicyclic) bond motifs is 1. The van der Waals surface area contributed by atoms with Gasteiger partial charge in [-0.1, -0.05) is 55.0 Å². The van der Waals surface area contributed by atoms with Crippen LogP contribution in [0.1, 0.15) is 36.1 Å². The van der Waals surface area contributed by atoms with E-state index in [-0.39, 0.29) is 5.91 Å². The maximum Gasteiger partial charge on any atom is 0.233 e. The maximum absolute atomic E-state index is 13.5. The highest BCUT2D eigenvalue weighted by atomic mass is 32.1. The average molecular weight is 440 g/mol. The van der Waals surface area contributed by atoms with Crippen molar-refractivity contribution in [2.24, 2.45) is 0 Å². The fraction of sp³-hybridized carbons (Fsp3) is 0.440. The third-order valence-corrected chi connectivity index (χ3v) is 7.04. The fourth-order valence-corrected chi connectivity index (χ4v) is 4.83. The molecule has 0 aliphatic carbocycles. The number of benzene rings is 2. The van der Waals surface area contributed by atoms with Gasteiger partial charge in [-0.25, -0.2) is 4.98 Å². The highest BCUT2D eigenvalue weighted by Crippen LogP contribution is 2.36. The van der Waals surface area contributed by atoms with E-state index in [1.807, 2.05) is 17.0 Å². The van der Waals surface area contributed by atoms with Crippen LogP contribution in [0.25, 0.3) is 10.2 Å². The quantitative estimate of drug-likeness (QED) is 0.463. The van der Waals surface area contributed by atoms with Gasteiger partial charge >= 0.3 is 0 Å². The molecule has 166 valence electrons. The minimum absolute atomic E-state index is 0.0801. The van der Waals surface area contributed by atoms with Crippen LogP contribution in [-0.4, -0.2) is 49.1 Å². The highest BCUT2D eigenvalue weighted by Gasteiger charge is 2.23. The third kappa shape index (κ3) is 5.25. The molecule has 0 saturated carbocycles. The SMILES string of the molecule is CCN(CC)CCN(C(=O)Cc1cc(C)ccc1C)c1nc2c(OC)ccc(C)c2s1. The molecule has 1 aromatic heterocycles. The monoisotopic (exact) mass is 439 g/mol. The summed E-state index contributed by atoms with van der Waals surface area (Å²) in [6.45, 7) is 13.9. The number of aromatic nitrogens is 1. The lowest BCUT2D eigenvalue weighted by atomic mass is 10.0. The van der Waals surface area contributed by atoms with Gasteiger partial charge in [0.05, 0.1) is 18.2 Å². The molecule has 0 spiro atoms. The number of methoxy groups -OCH3 is 1. The number of ether oxygens (including phenoxy) is 1. The number of carbonyl (C=O) groups excluding carboxylic acids is 1. The molecular weight excluding hydrogens is 406 g/mol. The van der Waals surface area contributed by atoms with Gasteiger partial charge in [0.25, 0.3) is 0 Å². The van der Waals surface area contributed by atoms with Gasteiger partial charge in [0, 0.05) is 13.1 Å². The molecule has 0 fully saturated rings. The normalized spacial score (nSPS) is 11.3. The molecule has 0 atom stereocenters. The minimum atomic E-state index is 0.0801. The molecule has 0 aliphatic heterocycles. The Kier molecular flexibility index (Phi) is 7.68. The van der Waals surface area contributed by atoms with Crippen molar-refractivity contribution in [1.29, 1.82) is 0 Å². The molecule has 5 nitrogen and oxygen atoms in total. The standard InChI is InChI=1S/C25H33N3O2S/c1-7-27(8-2)13-14-28(22(29)16-20-15-17(3)9-10-18(20)4)25-26-23-21(30-6)12-11-19(5)24(23)31-25/h9-12,15H,7-8,13-14,16H2,1-6H3. The first-order chi connectivity index (χ1) is 14.9. The number of hydrogen-bond donors (Lipinski definition) is 0. The second-order valence-electron chi connectivity index (χ2n) is 7.94. The van der Waals surface area contributed by atoms with E-state index in [0.29, 0.717) is 13.0 Å². The summed E-state index contributed by atoms with van der Waals surface area (Å²) >= 11 is 1.57. The second kappa shape index (κ2) is 10.2. The highest BCUT2D eigenvalue weighted by molar-refractivity contribution is 7.22. The third-order valence-electron chi connectivity index (χ3n) is 5.82. The summed E-state index contributed by atoms with van der Waals surface area (Å²) < 4.78 is 6.60. The number of hydrogen-bond acceptors (Lipinski definition) is 5. The molecule has 0 N–H and O–H groups in total. The van der Waals surface area contributed by atoms with Crippen LogP contribution in [-0.2, 0) is 11.2 Å². The van der Waals surface area contributed by atoms with Crippen molar-refractivity contribution < 1.29 is 9.53 Å². The molecular formula is C25H33N3O2S. The van der Waals surface area contributed by atoms with Crippen molar-refractivity contribution >= 4 is 32.6 Å². The van der Waals surface area contributed by atoms with Crippen LogP contribution in [0.2, 0.25) is 0 Å². The number of nitrogens with zero attached hydrogens (tertiary/aromatic N) is 3. The largest absolute Gasteiger partial charge is 0.494 e. The van der Waals surface area contributed by atoms with Gasteiger partial charge in [0.15, 0.2) is 5.13 Å². The van der Waals surface area contributed by atoms with Gasteiger partial charge in [0.1, 0.15) is 11.3 Å². The molecule has 0 bridgehead atoms. The summed E-state index contributed by atoms with van der Waals surface area (Å²) in [4.78, 5) is 22.6. The lowest BCUT2D eigenvalue weighted by Gasteiger charge is -2.25. The Morgan fingerprint density at radius 3 is 2.42 bits per heavy atom. The number of thiazole rings is 1. The maximum atomic E-state index is 13.5. The van der Waals surface area contributed by atoms with Crippen molar-refractivity contribution in [2.45, 2.75) is 41.0 Å². The van der Waals surface area contributed by atoms with Crippen LogP contribution < -0.4 is 9.64 Å². The van der Waals surface area contributed by atoms with Gasteiger partial charge in [-0.2, -0.15) is 0 Å². The van der Waals surface area contributed by atoms with E-state index in [1.54, 1.807) is 18.4 Å². The van der Waals surface area contributed by atoms with Crippen molar-refractivity contribution in [1.82, 2.24) is 9.88 Å². The van der Waals surface area contributed by atoms with Gasteiger partial charge < -0.3 is 9.64 Å². The first kappa shape index (κ1) is 23.2. The Balaban J connectivity index is 1.97. The van der Waals surface area contributed by atoms with Crippen LogP contribution in [0, 0.1) is 20.8 Å². The summed E-state index contributed by atoms with van der Waals surface area (Å²) in [7, 11) is 1.66. The molecule has 0 unspecified atom stereocenters. The summed E-state index contributed by atoms with van der Waals surface area (Å²) in [6, 6.07) is 10.3. The number of likely N-dealkylation sites (N-methyl/N-ethyl adjacent to an activating group) is 1. The zero-order chi connectivity index (χ0) is 22.5. The zero-order valence-corrected chi connectivity index (χ0v) is 20.3. The van der Waals surface area contributed by atoms with Crippen molar-refractivity contribution in [3.8, 4) is 5.75 Å². The van der Waals surface area contributed by atoms with Crippen LogP contribution in [0.15, 0.2) is 30.3 Å². The number of aryl methyl sites for hydroxylation is 3. The molecule has 3 aromatic rings. The number of amides is 1. The average Bonchev–Trinajstić information content (AvgIpc) is 3.20. The van der Waals surface area contributed by atoms with Crippen molar-refractivity contribution in [3.63, 3.8) is 0 Å². The first-order valence-electron chi connectivity index (χ1n) is 10.9. The van der Waals surface area contributed by atoms with Crippen molar-refractivity contribution in [3.05, 3.63) is 52.6 Å². The lowest BCUT2D eigenvalue weighted by molar-refractivity contribution is -0.118. The molecule has 2 aromatic carbocycles. The summed E-state index contributed by atoms with van der Waals surface area (Å²) in [5.41, 5.74) is 5.36. The molecule has 3 rings (SSSR count). The Labute approximate surface area is 189 Å². The molecule has 0 radical (unpaired) electrons. The van der Waals surface area contributed by atoms with E-state index in [4.69, 9.17) is 9.72 Å². The van der Waals surface area contributed by atoms with E-state index in [0.717, 1.165) is 57.4 Å². The predicted octanol–water partition coefficient (Wildman–Crippen LogP) is 5.15. The Bertz CT molecular complexity index is 1060. The van der Waals surface area contributed by atoms with E-state index in [9.17, 15) is 4.79 Å². The predicted molar refractivity (Wildman–Crippen MR) is 131 cm³/mol. The van der Waals surface area contributed by atoms with Crippen LogP contribution in [0.5, 0.6) is 5.75 Å². The molecule has 0 aliphatic rings. The summed E-state index contributed by atoms with van der Waals surface area (Å²) in [6.07, 6.45) is 0.373. The minimum Gasteiger partial charge on any atom is -0.494 e. The van der Waals surface area contributed by atoms with Crippen LogP contribution >= 0.6 is 11.3 Å². The van der Waals surface area contributed by atoms with Crippen LogP contribution in [0.3, 0.4) is 0 Å². The molecule has 0 saturated heterocycles. The van der Waals surface area contributed by atoms with Gasteiger partial charge in [-0.15, -0.1) is 0 Å². The van der Waals surface area contributed by atoms with Gasteiger partial charge in [0.2, 0.25) is 5.91 Å². The Morgan fingerprint density at radius 1 is 1.03 bits per heavy atom. The molecule has 6 heteroatoms. The summed E-state index contributed by atoms with van der Waals surface area (Å²) in [5, 5.41) is 0.741. The lowest BCUT2D eigenvalue weighted by Crippen LogP contribution is -2.39. The van der Waals surface area contributed by atoms with Gasteiger partial charge in [-0.3, -0.25) is 9.69 Å². The van der Waals surface area contributed by atoms with E-state index >= 15 is 0 Å². The smallest absolute Gasteiger partial charge is 0.233 e. The van der Waals surface area contributed by atoms with Gasteiger partial charge in [-0.05, 0) is 56.6 Å². The topological polar surface area (TPSA) is 45.7 Å². The molecule has 31 heavy (non-hydrogen) atoms. The first-order valence-corrected chi connectivity index (χ1v) is 11.7. The Morgan fingerprint density at radius 2 is 1.74 bits per heavy atom. The van der Waals surface area contributed by atoms with E-state index in [1.165, 1.54) is 5.56 Å². The number of rotatable bonds is 9. The second-order valence-corrected chi connectivity index (χ2v) is 8.92.